The van der Waals surface area contributed by atoms with Crippen molar-refractivity contribution in [2.45, 2.75) is 18.4 Å². The third-order valence-electron chi connectivity index (χ3n) is 2.59. The Bertz CT molecular complexity index is 285. The summed E-state index contributed by atoms with van der Waals surface area (Å²) in [5, 5.41) is 9.08. The average Bonchev–Trinajstić information content (AvgIpc) is 2.44. The smallest absolute Gasteiger partial charge is 0.0500 e. The zero-order valence-electron chi connectivity index (χ0n) is 6.90. The highest BCUT2D eigenvalue weighted by Gasteiger charge is 2.26. The van der Waals surface area contributed by atoms with Crippen LogP contribution in [-0.4, -0.2) is 11.7 Å². The Morgan fingerprint density at radius 1 is 1.33 bits per heavy atom. The van der Waals surface area contributed by atoms with Gasteiger partial charge in [0.05, 0.1) is 6.61 Å². The molecule has 0 saturated carbocycles. The van der Waals surface area contributed by atoms with Crippen molar-refractivity contribution in [3.8, 4) is 0 Å². The summed E-state index contributed by atoms with van der Waals surface area (Å²) in [6.45, 7) is 0.213. The van der Waals surface area contributed by atoms with Crippen LogP contribution in [0.1, 0.15) is 29.5 Å². The van der Waals surface area contributed by atoms with Crippen LogP contribution in [0.3, 0.4) is 0 Å². The standard InChI is InChI=1S/C10H13NO/c11-10-5-7(6-12)8-3-1-2-4-9(8)10/h1-4,7,10,12H,5-6,11H2/t7-,10+/m1/s1. The number of aliphatic hydroxyl groups is 1. The Balaban J connectivity index is 2.43. The lowest BCUT2D eigenvalue weighted by atomic mass is 10.0. The second-order valence-electron chi connectivity index (χ2n) is 3.35. The fraction of sp³-hybridized carbons (Fsp3) is 0.400. The Morgan fingerprint density at radius 2 is 2.00 bits per heavy atom. The SMILES string of the molecule is N[C@H]1C[C@H](CO)c2ccccc21. The van der Waals surface area contributed by atoms with Crippen molar-refractivity contribution in [1.29, 1.82) is 0 Å². The number of fused-ring (bicyclic) bond motifs is 1. The van der Waals surface area contributed by atoms with Gasteiger partial charge < -0.3 is 10.8 Å². The number of aliphatic hydroxyl groups excluding tert-OH is 1. The van der Waals surface area contributed by atoms with E-state index in [4.69, 9.17) is 10.8 Å². The molecule has 0 aromatic heterocycles. The van der Waals surface area contributed by atoms with Gasteiger partial charge in [-0.05, 0) is 17.5 Å². The normalized spacial score (nSPS) is 27.2. The van der Waals surface area contributed by atoms with Crippen LogP contribution >= 0.6 is 0 Å². The van der Waals surface area contributed by atoms with Crippen molar-refractivity contribution in [3.63, 3.8) is 0 Å². The maximum absolute atomic E-state index is 9.08. The van der Waals surface area contributed by atoms with E-state index in [0.29, 0.717) is 0 Å². The van der Waals surface area contributed by atoms with E-state index in [-0.39, 0.29) is 18.6 Å². The molecule has 0 heterocycles. The predicted octanol–water partition coefficient (Wildman–Crippen LogP) is 1.17. The summed E-state index contributed by atoms with van der Waals surface area (Å²) >= 11 is 0. The third-order valence-corrected chi connectivity index (χ3v) is 2.59. The van der Waals surface area contributed by atoms with Gasteiger partial charge in [-0.15, -0.1) is 0 Å². The molecule has 2 rings (SSSR count). The van der Waals surface area contributed by atoms with Gasteiger partial charge in [0.1, 0.15) is 0 Å². The highest BCUT2D eigenvalue weighted by Crippen LogP contribution is 2.37. The number of hydrogen-bond donors (Lipinski definition) is 2. The quantitative estimate of drug-likeness (QED) is 0.652. The summed E-state index contributed by atoms with van der Waals surface area (Å²) in [6, 6.07) is 8.23. The van der Waals surface area contributed by atoms with Crippen LogP contribution in [0.4, 0.5) is 0 Å². The maximum atomic E-state index is 9.08. The molecule has 3 N–H and O–H groups in total. The van der Waals surface area contributed by atoms with Gasteiger partial charge in [-0.25, -0.2) is 0 Å². The lowest BCUT2D eigenvalue weighted by Gasteiger charge is -2.05. The molecule has 0 spiro atoms. The molecule has 0 aliphatic heterocycles. The van der Waals surface area contributed by atoms with E-state index in [1.807, 2.05) is 12.1 Å². The van der Waals surface area contributed by atoms with Crippen LogP contribution in [0, 0.1) is 0 Å². The van der Waals surface area contributed by atoms with Crippen LogP contribution in [0.15, 0.2) is 24.3 Å². The van der Waals surface area contributed by atoms with E-state index in [2.05, 4.69) is 12.1 Å². The second-order valence-corrected chi connectivity index (χ2v) is 3.35. The second kappa shape index (κ2) is 2.88. The molecule has 0 amide bonds. The predicted molar refractivity (Wildman–Crippen MR) is 47.8 cm³/mol. The van der Waals surface area contributed by atoms with Crippen molar-refractivity contribution < 1.29 is 5.11 Å². The van der Waals surface area contributed by atoms with Crippen LogP contribution in [-0.2, 0) is 0 Å². The fourth-order valence-corrected chi connectivity index (χ4v) is 1.95. The minimum Gasteiger partial charge on any atom is -0.396 e. The molecule has 0 fully saturated rings. The summed E-state index contributed by atoms with van der Waals surface area (Å²) in [6.07, 6.45) is 0.885. The van der Waals surface area contributed by atoms with Gasteiger partial charge in [0, 0.05) is 12.0 Å². The molecule has 0 radical (unpaired) electrons. The molecule has 1 aliphatic carbocycles. The number of nitrogens with two attached hydrogens (primary N) is 1. The van der Waals surface area contributed by atoms with Crippen molar-refractivity contribution in [3.05, 3.63) is 35.4 Å². The first kappa shape index (κ1) is 7.77. The van der Waals surface area contributed by atoms with E-state index in [1.165, 1.54) is 11.1 Å². The van der Waals surface area contributed by atoms with Crippen LogP contribution in [0.5, 0.6) is 0 Å². The number of hydrogen-bond acceptors (Lipinski definition) is 2. The van der Waals surface area contributed by atoms with E-state index >= 15 is 0 Å². The Hall–Kier alpha value is -0.860. The summed E-state index contributed by atoms with van der Waals surface area (Å²) in [5.41, 5.74) is 8.34. The lowest BCUT2D eigenvalue weighted by molar-refractivity contribution is 0.261. The number of benzene rings is 1. The molecular formula is C10H13NO. The van der Waals surface area contributed by atoms with Gasteiger partial charge in [-0.2, -0.15) is 0 Å². The van der Waals surface area contributed by atoms with Gasteiger partial charge in [0.15, 0.2) is 0 Å². The molecule has 2 atom stereocenters. The third kappa shape index (κ3) is 1.04. The minimum absolute atomic E-state index is 0.123. The van der Waals surface area contributed by atoms with Gasteiger partial charge in [0.25, 0.3) is 0 Å². The van der Waals surface area contributed by atoms with Crippen LogP contribution in [0.25, 0.3) is 0 Å². The van der Waals surface area contributed by atoms with E-state index in [9.17, 15) is 0 Å². The molecule has 1 aromatic rings. The lowest BCUT2D eigenvalue weighted by Crippen LogP contribution is -2.06. The first-order chi connectivity index (χ1) is 5.83. The summed E-state index contributed by atoms with van der Waals surface area (Å²) < 4.78 is 0. The van der Waals surface area contributed by atoms with Crippen LogP contribution < -0.4 is 5.73 Å². The molecule has 64 valence electrons. The first-order valence-electron chi connectivity index (χ1n) is 4.28. The van der Waals surface area contributed by atoms with E-state index < -0.39 is 0 Å². The zero-order valence-corrected chi connectivity index (χ0v) is 6.90. The summed E-state index contributed by atoms with van der Waals surface area (Å²) in [7, 11) is 0. The van der Waals surface area contributed by atoms with Crippen molar-refractivity contribution in [2.75, 3.05) is 6.61 Å². The minimum atomic E-state index is 0.123. The monoisotopic (exact) mass is 163 g/mol. The molecule has 0 saturated heterocycles. The largest absolute Gasteiger partial charge is 0.396 e. The average molecular weight is 163 g/mol. The number of rotatable bonds is 1. The van der Waals surface area contributed by atoms with Gasteiger partial charge in [-0.1, -0.05) is 24.3 Å². The highest BCUT2D eigenvalue weighted by molar-refractivity contribution is 5.37. The fourth-order valence-electron chi connectivity index (χ4n) is 1.95. The molecule has 12 heavy (non-hydrogen) atoms. The van der Waals surface area contributed by atoms with E-state index in [1.54, 1.807) is 0 Å². The molecule has 0 unspecified atom stereocenters. The molecule has 2 heteroatoms. The Kier molecular flexibility index (Phi) is 1.87. The van der Waals surface area contributed by atoms with Gasteiger partial charge in [-0.3, -0.25) is 0 Å². The zero-order chi connectivity index (χ0) is 8.55. The summed E-state index contributed by atoms with van der Waals surface area (Å²) in [5.74, 6) is 0.260. The molecular weight excluding hydrogens is 150 g/mol. The van der Waals surface area contributed by atoms with Crippen molar-refractivity contribution >= 4 is 0 Å². The maximum Gasteiger partial charge on any atom is 0.0500 e. The van der Waals surface area contributed by atoms with Crippen molar-refractivity contribution in [1.82, 2.24) is 0 Å². The van der Waals surface area contributed by atoms with Gasteiger partial charge in [0.2, 0.25) is 0 Å². The molecule has 1 aliphatic rings. The Morgan fingerprint density at radius 3 is 2.67 bits per heavy atom. The van der Waals surface area contributed by atoms with Gasteiger partial charge >= 0.3 is 0 Å². The highest BCUT2D eigenvalue weighted by atomic mass is 16.3. The van der Waals surface area contributed by atoms with Crippen LogP contribution in [0.2, 0.25) is 0 Å². The molecule has 2 nitrogen and oxygen atoms in total. The molecule has 1 aromatic carbocycles. The summed E-state index contributed by atoms with van der Waals surface area (Å²) in [4.78, 5) is 0. The van der Waals surface area contributed by atoms with E-state index in [0.717, 1.165) is 6.42 Å². The molecule has 0 bridgehead atoms. The topological polar surface area (TPSA) is 46.2 Å². The first-order valence-corrected chi connectivity index (χ1v) is 4.28. The Labute approximate surface area is 72.0 Å². The van der Waals surface area contributed by atoms with Crippen molar-refractivity contribution in [2.24, 2.45) is 5.73 Å².